The van der Waals surface area contributed by atoms with Crippen molar-refractivity contribution in [2.45, 2.75) is 6.42 Å². The van der Waals surface area contributed by atoms with Crippen LogP contribution >= 0.6 is 11.6 Å². The van der Waals surface area contributed by atoms with E-state index in [1.807, 2.05) is 12.1 Å². The lowest BCUT2D eigenvalue weighted by molar-refractivity contribution is 0.240. The van der Waals surface area contributed by atoms with Crippen LogP contribution in [0, 0.1) is 11.3 Å². The maximum absolute atomic E-state index is 9.07. The lowest BCUT2D eigenvalue weighted by Crippen LogP contribution is -2.44. The van der Waals surface area contributed by atoms with Gasteiger partial charge in [0.15, 0.2) is 0 Å². The number of hydrogen-bond donors (Lipinski definition) is 2. The predicted molar refractivity (Wildman–Crippen MR) is 78.6 cm³/mol. The molecule has 0 atom stereocenters. The largest absolute Gasteiger partial charge is 0.384 e. The second-order valence-electron chi connectivity index (χ2n) is 4.65. The molecule has 0 spiro atoms. The molecule has 1 aliphatic heterocycles. The molecule has 1 aromatic rings. The van der Waals surface area contributed by atoms with Gasteiger partial charge in [-0.15, -0.1) is 0 Å². The molecule has 2 rings (SSSR count). The summed E-state index contributed by atoms with van der Waals surface area (Å²) in [6.07, 6.45) is 1.07. The van der Waals surface area contributed by atoms with Crippen LogP contribution in [-0.4, -0.2) is 44.2 Å². The van der Waals surface area contributed by atoms with Crippen molar-refractivity contribution in [2.75, 3.05) is 44.6 Å². The first-order valence-electron chi connectivity index (χ1n) is 6.67. The topological polar surface area (TPSA) is 51.1 Å². The predicted octanol–water partition coefficient (Wildman–Crippen LogP) is 1.92. The summed E-state index contributed by atoms with van der Waals surface area (Å²) in [6.45, 7) is 6.37. The Kier molecular flexibility index (Phi) is 5.46. The van der Waals surface area contributed by atoms with Crippen LogP contribution in [0.2, 0.25) is 5.02 Å². The van der Waals surface area contributed by atoms with Crippen LogP contribution in [0.5, 0.6) is 0 Å². The van der Waals surface area contributed by atoms with E-state index in [2.05, 4.69) is 21.6 Å². The van der Waals surface area contributed by atoms with Crippen LogP contribution in [0.1, 0.15) is 12.0 Å². The van der Waals surface area contributed by atoms with E-state index in [0.717, 1.165) is 51.4 Å². The Hall–Kier alpha value is -1.28. The summed E-state index contributed by atoms with van der Waals surface area (Å²) >= 11 is 5.99. The number of nitrogens with zero attached hydrogens (tertiary/aromatic N) is 2. The molecule has 2 N–H and O–H groups in total. The van der Waals surface area contributed by atoms with Gasteiger partial charge in [-0.05, 0) is 25.1 Å². The molecule has 19 heavy (non-hydrogen) atoms. The lowest BCUT2D eigenvalue weighted by Gasteiger charge is -2.27. The van der Waals surface area contributed by atoms with Gasteiger partial charge in [0, 0.05) is 32.7 Å². The molecule has 0 bridgehead atoms. The molecule has 0 saturated carbocycles. The number of nitriles is 1. The van der Waals surface area contributed by atoms with Crippen LogP contribution < -0.4 is 10.6 Å². The van der Waals surface area contributed by atoms with Gasteiger partial charge >= 0.3 is 0 Å². The Morgan fingerprint density at radius 1 is 1.37 bits per heavy atom. The van der Waals surface area contributed by atoms with Gasteiger partial charge in [0.1, 0.15) is 6.07 Å². The number of nitrogens with one attached hydrogen (secondary N) is 2. The summed E-state index contributed by atoms with van der Waals surface area (Å²) in [5.74, 6) is 0. The average molecular weight is 279 g/mol. The summed E-state index contributed by atoms with van der Waals surface area (Å²) in [4.78, 5) is 2.46. The molecule has 1 aliphatic rings. The van der Waals surface area contributed by atoms with Crippen LogP contribution in [0.15, 0.2) is 18.2 Å². The van der Waals surface area contributed by atoms with Gasteiger partial charge in [0.05, 0.1) is 16.3 Å². The summed E-state index contributed by atoms with van der Waals surface area (Å²) < 4.78 is 0. The van der Waals surface area contributed by atoms with Crippen molar-refractivity contribution in [2.24, 2.45) is 0 Å². The average Bonchev–Trinajstić information content (AvgIpc) is 2.45. The van der Waals surface area contributed by atoms with Crippen LogP contribution in [0.25, 0.3) is 0 Å². The van der Waals surface area contributed by atoms with Crippen molar-refractivity contribution in [3.05, 3.63) is 28.8 Å². The highest BCUT2D eigenvalue weighted by Crippen LogP contribution is 2.23. The first-order valence-corrected chi connectivity index (χ1v) is 7.04. The molecule has 0 unspecified atom stereocenters. The highest BCUT2D eigenvalue weighted by Gasteiger charge is 2.09. The minimum Gasteiger partial charge on any atom is -0.384 e. The van der Waals surface area contributed by atoms with Crippen molar-refractivity contribution in [3.8, 4) is 6.07 Å². The summed E-state index contributed by atoms with van der Waals surface area (Å²) in [7, 11) is 0. The third-order valence-electron chi connectivity index (χ3n) is 3.30. The zero-order valence-electron chi connectivity index (χ0n) is 11.0. The minimum atomic E-state index is 0.509. The normalized spacial score (nSPS) is 16.0. The highest BCUT2D eigenvalue weighted by atomic mass is 35.5. The molecule has 102 valence electrons. The monoisotopic (exact) mass is 278 g/mol. The number of rotatable bonds is 5. The fraction of sp³-hybridized carbons (Fsp3) is 0.500. The van der Waals surface area contributed by atoms with E-state index >= 15 is 0 Å². The second kappa shape index (κ2) is 7.34. The Labute approximate surface area is 119 Å². The van der Waals surface area contributed by atoms with Gasteiger partial charge in [-0.25, -0.2) is 0 Å². The number of anilines is 1. The van der Waals surface area contributed by atoms with Gasteiger partial charge in [-0.1, -0.05) is 17.7 Å². The van der Waals surface area contributed by atoms with Gasteiger partial charge in [-0.2, -0.15) is 5.26 Å². The van der Waals surface area contributed by atoms with Crippen LogP contribution in [-0.2, 0) is 0 Å². The summed E-state index contributed by atoms with van der Waals surface area (Å²) in [5.41, 5.74) is 1.36. The first-order chi connectivity index (χ1) is 9.31. The molecule has 1 heterocycles. The third kappa shape index (κ3) is 4.10. The molecule has 1 fully saturated rings. The fourth-order valence-corrected chi connectivity index (χ4v) is 2.46. The third-order valence-corrected chi connectivity index (χ3v) is 3.62. The second-order valence-corrected chi connectivity index (χ2v) is 5.05. The van der Waals surface area contributed by atoms with E-state index in [0.29, 0.717) is 10.6 Å². The van der Waals surface area contributed by atoms with Gasteiger partial charge in [0.25, 0.3) is 0 Å². The SMILES string of the molecule is N#Cc1c(Cl)cccc1NCCCN1CCNCC1. The Morgan fingerprint density at radius 2 is 2.16 bits per heavy atom. The summed E-state index contributed by atoms with van der Waals surface area (Å²) in [5, 5.41) is 16.2. The lowest BCUT2D eigenvalue weighted by atomic mass is 10.2. The molecule has 5 heteroatoms. The van der Waals surface area contributed by atoms with Gasteiger partial charge in [-0.3, -0.25) is 0 Å². The van der Waals surface area contributed by atoms with Crippen molar-refractivity contribution in [3.63, 3.8) is 0 Å². The maximum Gasteiger partial charge on any atom is 0.103 e. The zero-order chi connectivity index (χ0) is 13.5. The molecule has 0 aromatic heterocycles. The molecule has 1 saturated heterocycles. The Balaban J connectivity index is 1.76. The summed E-state index contributed by atoms with van der Waals surface area (Å²) in [6, 6.07) is 7.64. The molecule has 0 aliphatic carbocycles. The fourth-order valence-electron chi connectivity index (χ4n) is 2.25. The Morgan fingerprint density at radius 3 is 2.89 bits per heavy atom. The number of hydrogen-bond acceptors (Lipinski definition) is 4. The van der Waals surface area contributed by atoms with E-state index in [-0.39, 0.29) is 0 Å². The minimum absolute atomic E-state index is 0.509. The molecule has 4 nitrogen and oxygen atoms in total. The number of halogens is 1. The van der Waals surface area contributed by atoms with Crippen molar-refractivity contribution >= 4 is 17.3 Å². The number of piperazine rings is 1. The molecule has 0 amide bonds. The molecule has 0 radical (unpaired) electrons. The quantitative estimate of drug-likeness (QED) is 0.808. The zero-order valence-corrected chi connectivity index (χ0v) is 11.7. The highest BCUT2D eigenvalue weighted by molar-refractivity contribution is 6.32. The molecular weight excluding hydrogens is 260 g/mol. The van der Waals surface area contributed by atoms with E-state index in [1.165, 1.54) is 0 Å². The smallest absolute Gasteiger partial charge is 0.103 e. The first kappa shape index (κ1) is 14.1. The van der Waals surface area contributed by atoms with Crippen molar-refractivity contribution in [1.29, 1.82) is 5.26 Å². The van der Waals surface area contributed by atoms with Crippen LogP contribution in [0.4, 0.5) is 5.69 Å². The van der Waals surface area contributed by atoms with Gasteiger partial charge in [0.2, 0.25) is 0 Å². The van der Waals surface area contributed by atoms with Crippen molar-refractivity contribution < 1.29 is 0 Å². The Bertz CT molecular complexity index is 449. The number of benzene rings is 1. The van der Waals surface area contributed by atoms with Crippen LogP contribution in [0.3, 0.4) is 0 Å². The van der Waals surface area contributed by atoms with E-state index < -0.39 is 0 Å². The molecule has 1 aromatic carbocycles. The van der Waals surface area contributed by atoms with Gasteiger partial charge < -0.3 is 15.5 Å². The van der Waals surface area contributed by atoms with E-state index in [4.69, 9.17) is 16.9 Å². The van der Waals surface area contributed by atoms with Crippen molar-refractivity contribution in [1.82, 2.24) is 10.2 Å². The maximum atomic E-state index is 9.07. The molecular formula is C14H19ClN4. The van der Waals surface area contributed by atoms with E-state index in [9.17, 15) is 0 Å². The standard InChI is InChI=1S/C14H19ClN4/c15-13-3-1-4-14(12(13)11-16)18-5-2-8-19-9-6-17-7-10-19/h1,3-4,17-18H,2,5-10H2. The van der Waals surface area contributed by atoms with E-state index in [1.54, 1.807) is 6.07 Å².